The van der Waals surface area contributed by atoms with E-state index >= 15 is 0 Å². The summed E-state index contributed by atoms with van der Waals surface area (Å²) >= 11 is 0. The van der Waals surface area contributed by atoms with Crippen molar-refractivity contribution in [3.63, 3.8) is 0 Å². The monoisotopic (exact) mass is 530 g/mol. The van der Waals surface area contributed by atoms with Crippen molar-refractivity contribution in [2.75, 3.05) is 36.6 Å². The van der Waals surface area contributed by atoms with Crippen molar-refractivity contribution < 1.29 is 23.9 Å². The summed E-state index contributed by atoms with van der Waals surface area (Å²) in [5, 5.41) is 0. The Bertz CT molecular complexity index is 1390. The predicted octanol–water partition coefficient (Wildman–Crippen LogP) is 3.37. The standard InChI is InChI=1S/C28H30N6O5/c1-4-39-24(35)20-7-9-21(10-8-20)33-25(36)28(34(27(33)37)26-30-15-11-23(31-26)38-3)12-16-32(17-13-28)18-22-19(2)6-5-14-29-22/h5-11,14-15H,4,12-13,16-18H2,1-3H3. The fourth-order valence-electron chi connectivity index (χ4n) is 5.11. The summed E-state index contributed by atoms with van der Waals surface area (Å²) < 4.78 is 10.3. The number of benzene rings is 1. The SMILES string of the molecule is CCOC(=O)c1ccc(N2C(=O)N(c3nccc(OC)n3)C3(CCN(Cc4ncccc4C)CC3)C2=O)cc1. The Morgan fingerprint density at radius 2 is 1.77 bits per heavy atom. The number of carbonyl (C=O) groups excluding carboxylic acids is 3. The van der Waals surface area contributed by atoms with Gasteiger partial charge in [-0.3, -0.25) is 14.7 Å². The Morgan fingerprint density at radius 3 is 2.44 bits per heavy atom. The summed E-state index contributed by atoms with van der Waals surface area (Å²) in [6, 6.07) is 11.2. The largest absolute Gasteiger partial charge is 0.481 e. The van der Waals surface area contributed by atoms with Crippen molar-refractivity contribution in [2.24, 2.45) is 0 Å². The maximum absolute atomic E-state index is 14.1. The molecule has 0 radical (unpaired) electrons. The van der Waals surface area contributed by atoms with Crippen LogP contribution in [0.2, 0.25) is 0 Å². The molecule has 0 bridgehead atoms. The van der Waals surface area contributed by atoms with Crippen LogP contribution in [-0.4, -0.2) is 70.1 Å². The quantitative estimate of drug-likeness (QED) is 0.335. The number of ether oxygens (including phenoxy) is 2. The maximum Gasteiger partial charge on any atom is 0.339 e. The zero-order valence-corrected chi connectivity index (χ0v) is 22.2. The minimum atomic E-state index is -1.17. The smallest absolute Gasteiger partial charge is 0.339 e. The zero-order valence-electron chi connectivity index (χ0n) is 22.2. The molecule has 0 N–H and O–H groups in total. The average molecular weight is 531 g/mol. The molecule has 2 fully saturated rings. The topological polar surface area (TPSA) is 118 Å². The van der Waals surface area contributed by atoms with Crippen LogP contribution >= 0.6 is 0 Å². The van der Waals surface area contributed by atoms with E-state index in [-0.39, 0.29) is 24.3 Å². The van der Waals surface area contributed by atoms with E-state index in [4.69, 9.17) is 9.47 Å². The number of esters is 1. The number of urea groups is 1. The fraction of sp³-hybridized carbons (Fsp3) is 0.357. The third-order valence-corrected chi connectivity index (χ3v) is 7.25. The first-order valence-electron chi connectivity index (χ1n) is 12.8. The Hall–Kier alpha value is -4.38. The lowest BCUT2D eigenvalue weighted by atomic mass is 9.85. The average Bonchev–Trinajstić information content (AvgIpc) is 3.16. The second kappa shape index (κ2) is 10.8. The molecule has 0 saturated carbocycles. The third-order valence-electron chi connectivity index (χ3n) is 7.25. The van der Waals surface area contributed by atoms with Gasteiger partial charge in [0.15, 0.2) is 0 Å². The van der Waals surface area contributed by atoms with E-state index in [0.29, 0.717) is 43.7 Å². The second-order valence-electron chi connectivity index (χ2n) is 9.50. The van der Waals surface area contributed by atoms with Crippen LogP contribution in [0, 0.1) is 6.92 Å². The fourth-order valence-corrected chi connectivity index (χ4v) is 5.11. The summed E-state index contributed by atoms with van der Waals surface area (Å²) in [5.41, 5.74) is 1.61. The van der Waals surface area contributed by atoms with Crippen LogP contribution in [0.5, 0.6) is 5.88 Å². The number of hydrogen-bond donors (Lipinski definition) is 0. The van der Waals surface area contributed by atoms with Gasteiger partial charge in [-0.15, -0.1) is 0 Å². The van der Waals surface area contributed by atoms with Crippen LogP contribution in [0.15, 0.2) is 54.9 Å². The number of imide groups is 1. The highest BCUT2D eigenvalue weighted by Crippen LogP contribution is 2.41. The number of aromatic nitrogens is 3. The molecule has 2 aromatic heterocycles. The molecule has 0 unspecified atom stereocenters. The zero-order chi connectivity index (χ0) is 27.6. The summed E-state index contributed by atoms with van der Waals surface area (Å²) in [6.45, 7) is 5.81. The summed E-state index contributed by atoms with van der Waals surface area (Å²) in [6.07, 6.45) is 4.06. The molecule has 0 aliphatic carbocycles. The second-order valence-corrected chi connectivity index (χ2v) is 9.50. The van der Waals surface area contributed by atoms with Gasteiger partial charge in [-0.2, -0.15) is 4.98 Å². The van der Waals surface area contributed by atoms with Gasteiger partial charge in [-0.25, -0.2) is 24.4 Å². The lowest BCUT2D eigenvalue weighted by Gasteiger charge is -2.41. The molecule has 3 amide bonds. The van der Waals surface area contributed by atoms with Crippen molar-refractivity contribution in [2.45, 2.75) is 38.8 Å². The number of amides is 3. The van der Waals surface area contributed by atoms with E-state index in [1.807, 2.05) is 19.1 Å². The molecule has 0 atom stereocenters. The lowest BCUT2D eigenvalue weighted by Crippen LogP contribution is -2.57. The van der Waals surface area contributed by atoms with E-state index in [1.165, 1.54) is 18.2 Å². The van der Waals surface area contributed by atoms with Gasteiger partial charge in [0.25, 0.3) is 5.91 Å². The Kier molecular flexibility index (Phi) is 7.25. The minimum absolute atomic E-state index is 0.104. The van der Waals surface area contributed by atoms with Crippen LogP contribution in [0.3, 0.4) is 0 Å². The number of aryl methyl sites for hydroxylation is 1. The summed E-state index contributed by atoms with van der Waals surface area (Å²) in [7, 11) is 1.48. The van der Waals surface area contributed by atoms with E-state index in [2.05, 4.69) is 19.9 Å². The molecule has 1 spiro atoms. The lowest BCUT2D eigenvalue weighted by molar-refractivity contribution is -0.123. The molecule has 2 aliphatic rings. The van der Waals surface area contributed by atoms with Gasteiger partial charge in [0.2, 0.25) is 11.8 Å². The number of carbonyl (C=O) groups is 3. The normalized spacial score (nSPS) is 17.1. The number of likely N-dealkylation sites (tertiary alicyclic amines) is 1. The molecule has 5 rings (SSSR count). The number of hydrogen-bond acceptors (Lipinski definition) is 9. The molecular formula is C28H30N6O5. The number of nitrogens with zero attached hydrogens (tertiary/aromatic N) is 6. The van der Waals surface area contributed by atoms with Gasteiger partial charge >= 0.3 is 12.0 Å². The van der Waals surface area contributed by atoms with Crippen molar-refractivity contribution in [1.82, 2.24) is 19.9 Å². The number of methoxy groups -OCH3 is 1. The molecule has 2 aliphatic heterocycles. The highest BCUT2D eigenvalue weighted by Gasteiger charge is 2.60. The van der Waals surface area contributed by atoms with Crippen molar-refractivity contribution in [3.05, 3.63) is 71.7 Å². The molecule has 1 aromatic carbocycles. The Morgan fingerprint density at radius 1 is 1.03 bits per heavy atom. The van der Waals surface area contributed by atoms with Crippen LogP contribution in [0.4, 0.5) is 16.4 Å². The van der Waals surface area contributed by atoms with Crippen LogP contribution in [0.25, 0.3) is 0 Å². The van der Waals surface area contributed by atoms with Crippen LogP contribution in [0.1, 0.15) is 41.4 Å². The van der Waals surface area contributed by atoms with Crippen LogP contribution in [-0.2, 0) is 16.1 Å². The van der Waals surface area contributed by atoms with Gasteiger partial charge in [-0.1, -0.05) is 6.07 Å². The summed E-state index contributed by atoms with van der Waals surface area (Å²) in [4.78, 5) is 58.2. The molecule has 11 nitrogen and oxygen atoms in total. The molecule has 11 heteroatoms. The van der Waals surface area contributed by atoms with E-state index in [9.17, 15) is 14.4 Å². The van der Waals surface area contributed by atoms with E-state index in [1.54, 1.807) is 43.5 Å². The molecule has 3 aromatic rings. The number of piperidine rings is 1. The van der Waals surface area contributed by atoms with E-state index in [0.717, 1.165) is 16.2 Å². The number of anilines is 2. The van der Waals surface area contributed by atoms with Crippen molar-refractivity contribution >= 4 is 29.5 Å². The van der Waals surface area contributed by atoms with Gasteiger partial charge in [-0.05, 0) is 62.6 Å². The first kappa shape index (κ1) is 26.2. The highest BCUT2D eigenvalue weighted by atomic mass is 16.5. The van der Waals surface area contributed by atoms with Crippen LogP contribution < -0.4 is 14.5 Å². The minimum Gasteiger partial charge on any atom is -0.481 e. The van der Waals surface area contributed by atoms with Gasteiger partial charge in [0.05, 0.1) is 30.7 Å². The predicted molar refractivity (Wildman–Crippen MR) is 143 cm³/mol. The van der Waals surface area contributed by atoms with E-state index < -0.39 is 17.5 Å². The Labute approximate surface area is 226 Å². The molecule has 202 valence electrons. The molecular weight excluding hydrogens is 500 g/mol. The highest BCUT2D eigenvalue weighted by molar-refractivity contribution is 6.30. The maximum atomic E-state index is 14.1. The van der Waals surface area contributed by atoms with Crippen molar-refractivity contribution in [3.8, 4) is 5.88 Å². The first-order valence-corrected chi connectivity index (χ1v) is 12.8. The number of rotatable bonds is 7. The van der Waals surface area contributed by atoms with Gasteiger partial charge in [0, 0.05) is 38.1 Å². The molecule has 4 heterocycles. The molecule has 2 saturated heterocycles. The number of pyridine rings is 1. The molecule has 39 heavy (non-hydrogen) atoms. The van der Waals surface area contributed by atoms with Crippen molar-refractivity contribution in [1.29, 1.82) is 0 Å². The van der Waals surface area contributed by atoms with Gasteiger partial charge < -0.3 is 9.47 Å². The first-order chi connectivity index (χ1) is 18.9. The Balaban J connectivity index is 1.47. The van der Waals surface area contributed by atoms with Gasteiger partial charge in [0.1, 0.15) is 5.54 Å². The third kappa shape index (κ3) is 4.81. The summed E-state index contributed by atoms with van der Waals surface area (Å²) in [5.74, 6) is -0.430.